The molecule has 0 spiro atoms. The van der Waals surface area contributed by atoms with E-state index in [-0.39, 0.29) is 17.9 Å². The van der Waals surface area contributed by atoms with Crippen LogP contribution in [0.15, 0.2) is 22.8 Å². The first-order valence-electron chi connectivity index (χ1n) is 9.10. The second kappa shape index (κ2) is 6.80. The number of hydrogen-bond acceptors (Lipinski definition) is 5. The lowest BCUT2D eigenvalue weighted by atomic mass is 10.1. The van der Waals surface area contributed by atoms with Gasteiger partial charge in [0.1, 0.15) is 5.76 Å². The predicted octanol–water partition coefficient (Wildman–Crippen LogP) is 0.719. The summed E-state index contributed by atoms with van der Waals surface area (Å²) in [6.45, 7) is 4.63. The molecule has 1 amide bonds. The molecule has 3 fully saturated rings. The van der Waals surface area contributed by atoms with Crippen molar-refractivity contribution >= 4 is 11.9 Å². The van der Waals surface area contributed by atoms with Gasteiger partial charge >= 0.3 is 5.97 Å². The molecular formula is C18H25N3O4. The highest BCUT2D eigenvalue weighted by Gasteiger charge is 2.40. The molecule has 2 saturated heterocycles. The van der Waals surface area contributed by atoms with E-state index < -0.39 is 11.9 Å². The van der Waals surface area contributed by atoms with Crippen molar-refractivity contribution in [3.05, 3.63) is 24.2 Å². The van der Waals surface area contributed by atoms with E-state index in [0.29, 0.717) is 26.2 Å². The van der Waals surface area contributed by atoms with E-state index in [4.69, 9.17) is 4.42 Å². The Morgan fingerprint density at radius 2 is 1.96 bits per heavy atom. The summed E-state index contributed by atoms with van der Waals surface area (Å²) < 4.78 is 5.44. The van der Waals surface area contributed by atoms with Crippen molar-refractivity contribution in [2.24, 2.45) is 11.8 Å². The van der Waals surface area contributed by atoms with Crippen LogP contribution in [-0.4, -0.2) is 77.0 Å². The van der Waals surface area contributed by atoms with Crippen molar-refractivity contribution < 1.29 is 19.1 Å². The van der Waals surface area contributed by atoms with Gasteiger partial charge in [0, 0.05) is 51.2 Å². The van der Waals surface area contributed by atoms with Crippen LogP contribution in [0.3, 0.4) is 0 Å². The molecule has 136 valence electrons. The van der Waals surface area contributed by atoms with E-state index in [2.05, 4.69) is 9.80 Å². The lowest BCUT2D eigenvalue weighted by Crippen LogP contribution is -2.57. The highest BCUT2D eigenvalue weighted by Crippen LogP contribution is 2.32. The number of fused-ring (bicyclic) bond motifs is 1. The lowest BCUT2D eigenvalue weighted by molar-refractivity contribution is -0.143. The Labute approximate surface area is 147 Å². The summed E-state index contributed by atoms with van der Waals surface area (Å²) in [6, 6.07) is 3.96. The molecular weight excluding hydrogens is 322 g/mol. The maximum absolute atomic E-state index is 12.4. The van der Waals surface area contributed by atoms with Crippen molar-refractivity contribution in [3.8, 4) is 0 Å². The Morgan fingerprint density at radius 1 is 1.12 bits per heavy atom. The molecule has 3 aliphatic rings. The van der Waals surface area contributed by atoms with Gasteiger partial charge in [-0.3, -0.25) is 19.4 Å². The zero-order valence-electron chi connectivity index (χ0n) is 14.3. The lowest BCUT2D eigenvalue weighted by Gasteiger charge is -2.41. The molecule has 3 heterocycles. The Morgan fingerprint density at radius 3 is 2.64 bits per heavy atom. The summed E-state index contributed by atoms with van der Waals surface area (Å²) in [4.78, 5) is 30.5. The Hall–Kier alpha value is -1.86. The summed E-state index contributed by atoms with van der Waals surface area (Å²) in [6.07, 6.45) is 3.69. The molecule has 7 heteroatoms. The van der Waals surface area contributed by atoms with Crippen LogP contribution >= 0.6 is 0 Å². The molecule has 4 rings (SSSR count). The highest BCUT2D eigenvalue weighted by molar-refractivity contribution is 5.81. The van der Waals surface area contributed by atoms with Gasteiger partial charge in [0.05, 0.1) is 18.7 Å². The van der Waals surface area contributed by atoms with Crippen molar-refractivity contribution in [2.75, 3.05) is 39.3 Å². The van der Waals surface area contributed by atoms with Gasteiger partial charge in [-0.2, -0.15) is 0 Å². The van der Waals surface area contributed by atoms with Gasteiger partial charge in [-0.25, -0.2) is 0 Å². The normalized spacial score (nSPS) is 28.4. The van der Waals surface area contributed by atoms with Gasteiger partial charge in [-0.1, -0.05) is 0 Å². The zero-order chi connectivity index (χ0) is 17.4. The molecule has 1 saturated carbocycles. The molecule has 1 aliphatic carbocycles. The number of carboxylic acids is 1. The Kier molecular flexibility index (Phi) is 4.52. The summed E-state index contributed by atoms with van der Waals surface area (Å²) in [5.41, 5.74) is 0. The quantitative estimate of drug-likeness (QED) is 0.865. The van der Waals surface area contributed by atoms with Gasteiger partial charge in [0.25, 0.3) is 0 Å². The van der Waals surface area contributed by atoms with Crippen LogP contribution < -0.4 is 0 Å². The van der Waals surface area contributed by atoms with E-state index in [1.54, 1.807) is 6.26 Å². The number of amides is 1. The van der Waals surface area contributed by atoms with Crippen LogP contribution in [0.4, 0.5) is 0 Å². The maximum Gasteiger partial charge on any atom is 0.309 e. The SMILES string of the molecule is O=C(O)[C@@H]1CN(Cc2ccco2)C[C@H]2CN(C(=O)C3CC3)CCN2C1. The minimum atomic E-state index is -0.749. The number of piperazine rings is 1. The van der Waals surface area contributed by atoms with Crippen molar-refractivity contribution in [3.63, 3.8) is 0 Å². The molecule has 0 bridgehead atoms. The molecule has 0 radical (unpaired) electrons. The minimum absolute atomic E-state index is 0.191. The first kappa shape index (κ1) is 16.6. The standard InChI is InChI=1S/C18H25N3O4/c22-17(13-3-4-13)21-6-5-20-9-14(18(23)24)8-19(10-15(20)11-21)12-16-2-1-7-25-16/h1-2,7,13-15H,3-6,8-12H2,(H,23,24)/t14-,15+/m1/s1. The Bertz CT molecular complexity index is 628. The summed E-state index contributed by atoms with van der Waals surface area (Å²) in [5.74, 6) is 0.214. The van der Waals surface area contributed by atoms with E-state index in [1.165, 1.54) is 0 Å². The second-order valence-corrected chi connectivity index (χ2v) is 7.52. The van der Waals surface area contributed by atoms with Gasteiger partial charge < -0.3 is 14.4 Å². The number of furan rings is 1. The number of carbonyl (C=O) groups excluding carboxylic acids is 1. The van der Waals surface area contributed by atoms with Gasteiger partial charge in [0.2, 0.25) is 5.91 Å². The molecule has 7 nitrogen and oxygen atoms in total. The van der Waals surface area contributed by atoms with Crippen molar-refractivity contribution in [2.45, 2.75) is 25.4 Å². The molecule has 1 aromatic heterocycles. The topological polar surface area (TPSA) is 77.2 Å². The fraction of sp³-hybridized carbons (Fsp3) is 0.667. The maximum atomic E-state index is 12.4. The first-order valence-corrected chi connectivity index (χ1v) is 9.10. The van der Waals surface area contributed by atoms with E-state index >= 15 is 0 Å². The smallest absolute Gasteiger partial charge is 0.309 e. The largest absolute Gasteiger partial charge is 0.481 e. The van der Waals surface area contributed by atoms with Crippen LogP contribution in [0.2, 0.25) is 0 Å². The van der Waals surface area contributed by atoms with Crippen LogP contribution in [0.25, 0.3) is 0 Å². The third kappa shape index (κ3) is 3.72. The van der Waals surface area contributed by atoms with Gasteiger partial charge in [-0.05, 0) is 25.0 Å². The van der Waals surface area contributed by atoms with Crippen LogP contribution in [0.5, 0.6) is 0 Å². The third-order valence-corrected chi connectivity index (χ3v) is 5.55. The molecule has 2 atom stereocenters. The summed E-state index contributed by atoms with van der Waals surface area (Å²) in [7, 11) is 0. The number of carbonyl (C=O) groups is 2. The molecule has 1 N–H and O–H groups in total. The number of nitrogens with zero attached hydrogens (tertiary/aromatic N) is 3. The predicted molar refractivity (Wildman–Crippen MR) is 89.8 cm³/mol. The zero-order valence-corrected chi connectivity index (χ0v) is 14.3. The summed E-state index contributed by atoms with van der Waals surface area (Å²) >= 11 is 0. The monoisotopic (exact) mass is 347 g/mol. The fourth-order valence-corrected chi connectivity index (χ4v) is 4.03. The van der Waals surface area contributed by atoms with Crippen LogP contribution in [0.1, 0.15) is 18.6 Å². The number of hydrogen-bond donors (Lipinski definition) is 1. The molecule has 25 heavy (non-hydrogen) atoms. The second-order valence-electron chi connectivity index (χ2n) is 7.52. The van der Waals surface area contributed by atoms with Crippen molar-refractivity contribution in [1.29, 1.82) is 0 Å². The third-order valence-electron chi connectivity index (χ3n) is 5.55. The van der Waals surface area contributed by atoms with Gasteiger partial charge in [0.15, 0.2) is 0 Å². The Balaban J connectivity index is 1.48. The number of carboxylic acid groups (broad SMARTS) is 1. The average Bonchev–Trinajstić information content (AvgIpc) is 3.35. The molecule has 0 unspecified atom stereocenters. The molecule has 2 aliphatic heterocycles. The first-order chi connectivity index (χ1) is 12.1. The fourth-order valence-electron chi connectivity index (χ4n) is 4.03. The minimum Gasteiger partial charge on any atom is -0.481 e. The number of aliphatic carboxylic acids is 1. The van der Waals surface area contributed by atoms with E-state index in [9.17, 15) is 14.7 Å². The van der Waals surface area contributed by atoms with Crippen LogP contribution in [-0.2, 0) is 16.1 Å². The van der Waals surface area contributed by atoms with Crippen LogP contribution in [0, 0.1) is 11.8 Å². The number of rotatable bonds is 4. The van der Waals surface area contributed by atoms with E-state index in [0.717, 1.165) is 38.2 Å². The van der Waals surface area contributed by atoms with Crippen molar-refractivity contribution in [1.82, 2.24) is 14.7 Å². The highest BCUT2D eigenvalue weighted by atomic mass is 16.4. The summed E-state index contributed by atoms with van der Waals surface area (Å²) in [5, 5.41) is 9.58. The molecule has 1 aromatic rings. The van der Waals surface area contributed by atoms with Gasteiger partial charge in [-0.15, -0.1) is 0 Å². The average molecular weight is 347 g/mol. The van der Waals surface area contributed by atoms with E-state index in [1.807, 2.05) is 17.0 Å². The molecule has 0 aromatic carbocycles.